The molecular formula is C26H29N3O3S. The summed E-state index contributed by atoms with van der Waals surface area (Å²) in [6.07, 6.45) is 0.987. The molecule has 33 heavy (non-hydrogen) atoms. The second-order valence-electron chi connectivity index (χ2n) is 8.98. The van der Waals surface area contributed by atoms with Crippen LogP contribution in [0, 0.1) is 13.8 Å². The summed E-state index contributed by atoms with van der Waals surface area (Å²) in [5, 5.41) is 5.38. The molecule has 0 spiro atoms. The fraction of sp³-hybridized carbons (Fsp3) is 0.346. The molecule has 2 heterocycles. The fourth-order valence-corrected chi connectivity index (χ4v) is 4.95. The average Bonchev–Trinajstić information content (AvgIpc) is 3.30. The van der Waals surface area contributed by atoms with E-state index in [2.05, 4.69) is 10.3 Å². The van der Waals surface area contributed by atoms with Crippen LogP contribution in [0.25, 0.3) is 11.3 Å². The Bertz CT molecular complexity index is 1190. The number of para-hydroxylation sites is 1. The maximum atomic E-state index is 12.5. The highest BCUT2D eigenvalue weighted by molar-refractivity contribution is 7.14. The molecule has 0 aliphatic carbocycles. The van der Waals surface area contributed by atoms with Gasteiger partial charge in [-0.15, -0.1) is 11.3 Å². The summed E-state index contributed by atoms with van der Waals surface area (Å²) in [4.78, 5) is 31.2. The van der Waals surface area contributed by atoms with Crippen molar-refractivity contribution in [2.24, 2.45) is 0 Å². The second kappa shape index (κ2) is 8.98. The maximum Gasteiger partial charge on any atom is 0.236 e. The van der Waals surface area contributed by atoms with Crippen molar-refractivity contribution in [1.82, 2.24) is 4.98 Å². The number of carbonyl (C=O) groups excluding carboxylic acids is 2. The molecule has 0 unspecified atom stereocenters. The lowest BCUT2D eigenvalue weighted by molar-refractivity contribution is -0.121. The summed E-state index contributed by atoms with van der Waals surface area (Å²) in [5.74, 6) is 0.902. The first-order valence-electron chi connectivity index (χ1n) is 11.1. The zero-order valence-electron chi connectivity index (χ0n) is 19.7. The van der Waals surface area contributed by atoms with Crippen molar-refractivity contribution in [3.05, 3.63) is 58.5 Å². The summed E-state index contributed by atoms with van der Waals surface area (Å²) in [6, 6.07) is 12.0. The Balaban J connectivity index is 1.34. The van der Waals surface area contributed by atoms with Crippen molar-refractivity contribution in [3.63, 3.8) is 0 Å². The quantitative estimate of drug-likeness (QED) is 0.471. The number of aromatic nitrogens is 1. The number of rotatable bonds is 7. The Morgan fingerprint density at radius 3 is 2.64 bits per heavy atom. The van der Waals surface area contributed by atoms with Crippen molar-refractivity contribution < 1.29 is 14.3 Å². The van der Waals surface area contributed by atoms with E-state index in [1.165, 1.54) is 11.3 Å². The molecule has 1 aromatic heterocycles. The highest BCUT2D eigenvalue weighted by Crippen LogP contribution is 2.42. The molecule has 1 N–H and O–H groups in total. The lowest BCUT2D eigenvalue weighted by Gasteiger charge is -2.16. The molecule has 0 bridgehead atoms. The Hall–Kier alpha value is -3.19. The third-order valence-corrected chi connectivity index (χ3v) is 6.88. The monoisotopic (exact) mass is 463 g/mol. The van der Waals surface area contributed by atoms with Gasteiger partial charge in [-0.2, -0.15) is 0 Å². The van der Waals surface area contributed by atoms with Crippen LogP contribution in [-0.4, -0.2) is 30.5 Å². The van der Waals surface area contributed by atoms with Gasteiger partial charge in [0.15, 0.2) is 5.13 Å². The summed E-state index contributed by atoms with van der Waals surface area (Å²) in [5.41, 5.74) is 5.28. The van der Waals surface area contributed by atoms with Gasteiger partial charge in [-0.3, -0.25) is 9.59 Å². The van der Waals surface area contributed by atoms with E-state index in [4.69, 9.17) is 4.74 Å². The van der Waals surface area contributed by atoms with Gasteiger partial charge in [-0.05, 0) is 62.9 Å². The normalized spacial score (nSPS) is 14.3. The zero-order valence-corrected chi connectivity index (χ0v) is 20.5. The molecule has 0 atom stereocenters. The first kappa shape index (κ1) is 23.0. The minimum Gasteiger partial charge on any atom is -0.493 e. The Labute approximate surface area is 198 Å². The number of thiazole rings is 1. The van der Waals surface area contributed by atoms with Gasteiger partial charge in [0, 0.05) is 30.1 Å². The zero-order chi connectivity index (χ0) is 23.8. The molecule has 0 saturated heterocycles. The standard InChI is InChI=1S/C26H29N3O3S/c1-16-8-6-9-17(2)23(16)32-13-7-10-22(30)28-25-27-20(15-33-25)18-11-12-21-19(14-18)26(3,4)24(31)29(21)5/h6,8-9,11-12,14-15H,7,10,13H2,1-5H3,(H,27,28,30). The number of amides is 2. The van der Waals surface area contributed by atoms with Gasteiger partial charge in [-0.1, -0.05) is 24.3 Å². The topological polar surface area (TPSA) is 71.5 Å². The molecule has 2 amide bonds. The molecule has 2 aromatic carbocycles. The van der Waals surface area contributed by atoms with Gasteiger partial charge in [0.1, 0.15) is 5.75 Å². The van der Waals surface area contributed by atoms with E-state index in [0.29, 0.717) is 24.6 Å². The lowest BCUT2D eigenvalue weighted by Crippen LogP contribution is -2.33. The number of anilines is 2. The number of hydrogen-bond acceptors (Lipinski definition) is 5. The third kappa shape index (κ3) is 4.50. The van der Waals surface area contributed by atoms with Crippen molar-refractivity contribution >= 4 is 34.0 Å². The number of nitrogens with one attached hydrogen (secondary N) is 1. The van der Waals surface area contributed by atoms with Crippen molar-refractivity contribution in [3.8, 4) is 17.0 Å². The summed E-state index contributed by atoms with van der Waals surface area (Å²) < 4.78 is 5.88. The number of likely N-dealkylation sites (N-methyl/N-ethyl adjacent to an activating group) is 1. The van der Waals surface area contributed by atoms with E-state index in [-0.39, 0.29) is 11.8 Å². The Morgan fingerprint density at radius 1 is 1.18 bits per heavy atom. The highest BCUT2D eigenvalue weighted by Gasteiger charge is 2.42. The molecule has 3 aromatic rings. The first-order chi connectivity index (χ1) is 15.7. The van der Waals surface area contributed by atoms with Crippen LogP contribution in [0.15, 0.2) is 41.8 Å². The van der Waals surface area contributed by atoms with Crippen molar-refractivity contribution in [2.45, 2.75) is 46.0 Å². The van der Waals surface area contributed by atoms with Crippen LogP contribution in [-0.2, 0) is 15.0 Å². The number of ether oxygens (including phenoxy) is 1. The van der Waals surface area contributed by atoms with Crippen molar-refractivity contribution in [1.29, 1.82) is 0 Å². The molecule has 4 rings (SSSR count). The highest BCUT2D eigenvalue weighted by atomic mass is 32.1. The van der Waals surface area contributed by atoms with Crippen LogP contribution in [0.2, 0.25) is 0 Å². The Morgan fingerprint density at radius 2 is 1.91 bits per heavy atom. The number of carbonyl (C=O) groups is 2. The molecule has 0 saturated carbocycles. The van der Waals surface area contributed by atoms with Gasteiger partial charge in [0.05, 0.1) is 17.7 Å². The summed E-state index contributed by atoms with van der Waals surface area (Å²) >= 11 is 1.40. The summed E-state index contributed by atoms with van der Waals surface area (Å²) in [6.45, 7) is 8.41. The molecule has 7 heteroatoms. The van der Waals surface area contributed by atoms with Gasteiger partial charge in [0.25, 0.3) is 0 Å². The van der Waals surface area contributed by atoms with E-state index in [1.807, 2.05) is 69.5 Å². The minimum absolute atomic E-state index is 0.0803. The molecular weight excluding hydrogens is 434 g/mol. The van der Waals surface area contributed by atoms with Crippen LogP contribution in [0.1, 0.15) is 43.4 Å². The number of fused-ring (bicyclic) bond motifs is 1. The van der Waals surface area contributed by atoms with E-state index in [0.717, 1.165) is 39.4 Å². The largest absolute Gasteiger partial charge is 0.493 e. The Kier molecular flexibility index (Phi) is 6.26. The minimum atomic E-state index is -0.563. The molecule has 0 radical (unpaired) electrons. The molecule has 1 aliphatic rings. The molecule has 0 fully saturated rings. The van der Waals surface area contributed by atoms with E-state index < -0.39 is 5.41 Å². The van der Waals surface area contributed by atoms with Gasteiger partial charge >= 0.3 is 0 Å². The van der Waals surface area contributed by atoms with Crippen LogP contribution in [0.5, 0.6) is 5.75 Å². The van der Waals surface area contributed by atoms with Crippen LogP contribution >= 0.6 is 11.3 Å². The predicted molar refractivity (Wildman–Crippen MR) is 133 cm³/mol. The van der Waals surface area contributed by atoms with Gasteiger partial charge in [0.2, 0.25) is 11.8 Å². The van der Waals surface area contributed by atoms with Crippen LogP contribution in [0.4, 0.5) is 10.8 Å². The molecule has 172 valence electrons. The van der Waals surface area contributed by atoms with Gasteiger partial charge in [-0.25, -0.2) is 4.98 Å². The number of nitrogens with zero attached hydrogens (tertiary/aromatic N) is 2. The van der Waals surface area contributed by atoms with E-state index in [9.17, 15) is 9.59 Å². The molecule has 1 aliphatic heterocycles. The maximum absolute atomic E-state index is 12.5. The third-order valence-electron chi connectivity index (χ3n) is 6.12. The van der Waals surface area contributed by atoms with Crippen LogP contribution in [0.3, 0.4) is 0 Å². The van der Waals surface area contributed by atoms with Crippen molar-refractivity contribution in [2.75, 3.05) is 23.9 Å². The van der Waals surface area contributed by atoms with Gasteiger partial charge < -0.3 is 15.0 Å². The predicted octanol–water partition coefficient (Wildman–Crippen LogP) is 5.48. The number of benzene rings is 2. The van der Waals surface area contributed by atoms with E-state index in [1.54, 1.807) is 11.9 Å². The smallest absolute Gasteiger partial charge is 0.236 e. The van der Waals surface area contributed by atoms with E-state index >= 15 is 0 Å². The lowest BCUT2D eigenvalue weighted by atomic mass is 9.85. The fourth-order valence-electron chi connectivity index (χ4n) is 4.21. The summed E-state index contributed by atoms with van der Waals surface area (Å²) in [7, 11) is 1.80. The second-order valence-corrected chi connectivity index (χ2v) is 9.84. The SMILES string of the molecule is Cc1cccc(C)c1OCCCC(=O)Nc1nc(-c2ccc3c(c2)C(C)(C)C(=O)N3C)cs1. The number of aryl methyl sites for hydroxylation is 2. The molecule has 6 nitrogen and oxygen atoms in total. The first-order valence-corrected chi connectivity index (χ1v) is 11.9. The van der Waals surface area contributed by atoms with Crippen LogP contribution < -0.4 is 15.0 Å². The average molecular weight is 464 g/mol. The number of hydrogen-bond donors (Lipinski definition) is 1.